The average molecular weight is 475 g/mol. The van der Waals surface area contributed by atoms with Gasteiger partial charge in [-0.05, 0) is 55.6 Å². The van der Waals surface area contributed by atoms with Crippen LogP contribution in [0.15, 0.2) is 54.7 Å². The van der Waals surface area contributed by atoms with E-state index in [9.17, 15) is 27.2 Å². The molecule has 0 unspecified atom stereocenters. The Morgan fingerprint density at radius 2 is 1.56 bits per heavy atom. The number of anilines is 1. The summed E-state index contributed by atoms with van der Waals surface area (Å²) >= 11 is 0. The predicted octanol–water partition coefficient (Wildman–Crippen LogP) is 3.67. The van der Waals surface area contributed by atoms with Gasteiger partial charge in [0.25, 0.3) is 11.8 Å². The normalized spacial score (nSPS) is 14.8. The van der Waals surface area contributed by atoms with Gasteiger partial charge >= 0.3 is 6.18 Å². The molecule has 1 aliphatic rings. The maximum Gasteiger partial charge on any atom is 0.434 e. The first-order chi connectivity index (χ1) is 16.1. The summed E-state index contributed by atoms with van der Waals surface area (Å²) in [5.41, 5.74) is -1.36. The molecule has 1 fully saturated rings. The highest BCUT2D eigenvalue weighted by atomic mass is 19.4. The molecule has 0 bridgehead atoms. The van der Waals surface area contributed by atoms with Crippen LogP contribution < -0.4 is 5.32 Å². The number of amides is 2. The fourth-order valence-electron chi connectivity index (χ4n) is 3.65. The largest absolute Gasteiger partial charge is 0.434 e. The highest BCUT2D eigenvalue weighted by molar-refractivity contribution is 6.05. The van der Waals surface area contributed by atoms with Gasteiger partial charge in [-0.25, -0.2) is 9.07 Å². The van der Waals surface area contributed by atoms with E-state index >= 15 is 0 Å². The van der Waals surface area contributed by atoms with Crippen molar-refractivity contribution in [3.63, 3.8) is 0 Å². The molecule has 0 spiro atoms. The molecule has 7 nitrogen and oxygen atoms in total. The lowest BCUT2D eigenvalue weighted by atomic mass is 10.1. The second kappa shape index (κ2) is 9.26. The SMILES string of the molecule is CN1CCN(C(=O)c2ccc(NC(=O)c3cnn(-c4ccc(F)cc4)c3C(F)(F)F)cc2)CC1. The van der Waals surface area contributed by atoms with Gasteiger partial charge in [0, 0.05) is 37.4 Å². The van der Waals surface area contributed by atoms with Gasteiger partial charge in [-0.15, -0.1) is 0 Å². The lowest BCUT2D eigenvalue weighted by Gasteiger charge is -2.32. The minimum Gasteiger partial charge on any atom is -0.336 e. The molecule has 2 amide bonds. The molecule has 178 valence electrons. The third-order valence-electron chi connectivity index (χ3n) is 5.53. The number of rotatable bonds is 4. The van der Waals surface area contributed by atoms with E-state index in [0.717, 1.165) is 43.6 Å². The zero-order valence-electron chi connectivity index (χ0n) is 18.1. The topological polar surface area (TPSA) is 70.5 Å². The number of aromatic nitrogens is 2. The van der Waals surface area contributed by atoms with Crippen molar-refractivity contribution in [1.82, 2.24) is 19.6 Å². The molecule has 0 saturated carbocycles. The van der Waals surface area contributed by atoms with Gasteiger partial charge in [0.15, 0.2) is 5.69 Å². The molecular weight excluding hydrogens is 454 g/mol. The summed E-state index contributed by atoms with van der Waals surface area (Å²) < 4.78 is 55.1. The van der Waals surface area contributed by atoms with Gasteiger partial charge in [-0.1, -0.05) is 0 Å². The lowest BCUT2D eigenvalue weighted by molar-refractivity contribution is -0.143. The van der Waals surface area contributed by atoms with Gasteiger partial charge in [0.1, 0.15) is 5.82 Å². The smallest absolute Gasteiger partial charge is 0.336 e. The monoisotopic (exact) mass is 475 g/mol. The van der Waals surface area contributed by atoms with Crippen LogP contribution in [-0.2, 0) is 6.18 Å². The van der Waals surface area contributed by atoms with E-state index in [1.54, 1.807) is 4.90 Å². The number of hydrogen-bond acceptors (Lipinski definition) is 4. The van der Waals surface area contributed by atoms with Crippen LogP contribution in [0.4, 0.5) is 23.2 Å². The molecule has 4 rings (SSSR count). The highest BCUT2D eigenvalue weighted by Crippen LogP contribution is 2.34. The molecule has 1 aromatic heterocycles. The maximum absolute atomic E-state index is 13.8. The average Bonchev–Trinajstić information content (AvgIpc) is 3.26. The first-order valence-corrected chi connectivity index (χ1v) is 10.4. The van der Waals surface area contributed by atoms with Crippen molar-refractivity contribution in [1.29, 1.82) is 0 Å². The molecule has 2 aromatic carbocycles. The summed E-state index contributed by atoms with van der Waals surface area (Å²) in [4.78, 5) is 29.2. The number of benzene rings is 2. The number of carbonyl (C=O) groups is 2. The van der Waals surface area contributed by atoms with E-state index in [0.29, 0.717) is 23.3 Å². The second-order valence-electron chi connectivity index (χ2n) is 7.92. The molecule has 11 heteroatoms. The second-order valence-corrected chi connectivity index (χ2v) is 7.92. The summed E-state index contributed by atoms with van der Waals surface area (Å²) in [5.74, 6) is -1.78. The van der Waals surface area contributed by atoms with Crippen LogP contribution in [0.1, 0.15) is 26.4 Å². The number of alkyl halides is 3. The van der Waals surface area contributed by atoms with Crippen molar-refractivity contribution in [2.45, 2.75) is 6.18 Å². The minimum atomic E-state index is -4.89. The number of nitrogens with zero attached hydrogens (tertiary/aromatic N) is 4. The molecule has 0 aliphatic carbocycles. The van der Waals surface area contributed by atoms with Crippen LogP contribution in [0.3, 0.4) is 0 Å². The van der Waals surface area contributed by atoms with Crippen LogP contribution in [0.25, 0.3) is 5.69 Å². The minimum absolute atomic E-state index is 0.0421. The van der Waals surface area contributed by atoms with Crippen molar-refractivity contribution >= 4 is 17.5 Å². The lowest BCUT2D eigenvalue weighted by Crippen LogP contribution is -2.47. The zero-order chi connectivity index (χ0) is 24.5. The van der Waals surface area contributed by atoms with Crippen molar-refractivity contribution in [2.24, 2.45) is 0 Å². The molecule has 3 aromatic rings. The number of carbonyl (C=O) groups excluding carboxylic acids is 2. The first kappa shape index (κ1) is 23.4. The predicted molar refractivity (Wildman–Crippen MR) is 116 cm³/mol. The standard InChI is InChI=1S/C23H21F4N5O2/c1-30-10-12-31(13-11-30)22(34)15-2-6-17(7-3-15)29-21(33)19-14-28-32(20(19)23(25,26)27)18-8-4-16(24)5-9-18/h2-9,14H,10-13H2,1H3,(H,29,33). The fourth-order valence-corrected chi connectivity index (χ4v) is 3.65. The Bertz CT molecular complexity index is 1180. The Labute approximate surface area is 192 Å². The van der Waals surface area contributed by atoms with Gasteiger partial charge in [0.05, 0.1) is 17.4 Å². The van der Waals surface area contributed by atoms with Crippen LogP contribution in [0, 0.1) is 5.82 Å². The Kier molecular flexibility index (Phi) is 6.38. The number of nitrogens with one attached hydrogen (secondary N) is 1. The van der Waals surface area contributed by atoms with E-state index in [4.69, 9.17) is 0 Å². The third-order valence-corrected chi connectivity index (χ3v) is 5.53. The van der Waals surface area contributed by atoms with Crippen LogP contribution in [-0.4, -0.2) is 64.6 Å². The van der Waals surface area contributed by atoms with Crippen LogP contribution in [0.5, 0.6) is 0 Å². The van der Waals surface area contributed by atoms with E-state index in [1.807, 2.05) is 7.05 Å². The van der Waals surface area contributed by atoms with E-state index in [-0.39, 0.29) is 17.3 Å². The molecule has 1 N–H and O–H groups in total. The van der Waals surface area contributed by atoms with E-state index < -0.39 is 29.2 Å². The molecule has 0 atom stereocenters. The van der Waals surface area contributed by atoms with Gasteiger partial charge in [-0.3, -0.25) is 9.59 Å². The number of hydrogen-bond donors (Lipinski definition) is 1. The summed E-state index contributed by atoms with van der Waals surface area (Å²) in [5, 5.41) is 6.11. The Morgan fingerprint density at radius 3 is 2.15 bits per heavy atom. The van der Waals surface area contributed by atoms with Crippen LogP contribution >= 0.6 is 0 Å². The molecule has 0 radical (unpaired) electrons. The van der Waals surface area contributed by atoms with Crippen molar-refractivity contribution < 1.29 is 27.2 Å². The highest BCUT2D eigenvalue weighted by Gasteiger charge is 2.40. The molecule has 2 heterocycles. The Balaban J connectivity index is 1.52. The summed E-state index contributed by atoms with van der Waals surface area (Å²) in [6.45, 7) is 2.75. The van der Waals surface area contributed by atoms with Gasteiger partial charge in [-0.2, -0.15) is 18.3 Å². The summed E-state index contributed by atoms with van der Waals surface area (Å²) in [6.07, 6.45) is -4.08. The Morgan fingerprint density at radius 1 is 0.941 bits per heavy atom. The summed E-state index contributed by atoms with van der Waals surface area (Å²) in [6, 6.07) is 10.2. The first-order valence-electron chi connectivity index (χ1n) is 10.4. The van der Waals surface area contributed by atoms with Crippen molar-refractivity contribution in [3.8, 4) is 5.69 Å². The van der Waals surface area contributed by atoms with Crippen molar-refractivity contribution in [3.05, 3.63) is 77.4 Å². The Hall–Kier alpha value is -3.73. The van der Waals surface area contributed by atoms with Gasteiger partial charge in [0.2, 0.25) is 0 Å². The van der Waals surface area contributed by atoms with E-state index in [2.05, 4.69) is 15.3 Å². The number of likely N-dealkylation sites (N-methyl/N-ethyl adjacent to an activating group) is 1. The quantitative estimate of drug-likeness (QED) is 0.585. The third kappa shape index (κ3) is 4.93. The molecular formula is C23H21F4N5O2. The van der Waals surface area contributed by atoms with E-state index in [1.165, 1.54) is 24.3 Å². The van der Waals surface area contributed by atoms with Crippen LogP contribution in [0.2, 0.25) is 0 Å². The summed E-state index contributed by atoms with van der Waals surface area (Å²) in [7, 11) is 1.98. The fraction of sp³-hybridized carbons (Fsp3) is 0.261. The van der Waals surface area contributed by atoms with Gasteiger partial charge < -0.3 is 15.1 Å². The molecule has 1 aliphatic heterocycles. The molecule has 1 saturated heterocycles. The zero-order valence-corrected chi connectivity index (χ0v) is 18.1. The number of piperazine rings is 1. The van der Waals surface area contributed by atoms with Crippen molar-refractivity contribution in [2.75, 3.05) is 38.5 Å². The maximum atomic E-state index is 13.8. The molecule has 34 heavy (non-hydrogen) atoms. The number of halogens is 4.